The van der Waals surface area contributed by atoms with Crippen LogP contribution in [0, 0.1) is 6.07 Å². The van der Waals surface area contributed by atoms with Crippen molar-refractivity contribution in [3.05, 3.63) is 29.3 Å². The molecule has 0 saturated carbocycles. The van der Waals surface area contributed by atoms with Crippen LogP contribution < -0.4 is 4.74 Å². The third-order valence-electron chi connectivity index (χ3n) is 2.58. The Morgan fingerprint density at radius 1 is 1.24 bits per heavy atom. The zero-order valence-electron chi connectivity index (χ0n) is 11.1. The van der Waals surface area contributed by atoms with E-state index in [-0.39, 0.29) is 0 Å². The van der Waals surface area contributed by atoms with Crippen LogP contribution in [0.5, 0.6) is 5.75 Å². The summed E-state index contributed by atoms with van der Waals surface area (Å²) in [7, 11) is 1.57. The normalized spacial score (nSPS) is 12.5. The van der Waals surface area contributed by atoms with Crippen LogP contribution in [0.2, 0.25) is 0 Å². The molecule has 0 saturated heterocycles. The van der Waals surface area contributed by atoms with Gasteiger partial charge in [-0.15, -0.1) is 0 Å². The van der Waals surface area contributed by atoms with Crippen LogP contribution >= 0.6 is 0 Å². The molecular formula is C14H21O3. The van der Waals surface area contributed by atoms with Crippen molar-refractivity contribution in [1.29, 1.82) is 0 Å². The van der Waals surface area contributed by atoms with E-state index in [1.807, 2.05) is 19.1 Å². The minimum atomic E-state index is -0.641. The number of methoxy groups -OCH3 is 1. The standard InChI is InChI=1S/C14H21O3/c1-5-11-9-8-10-13(12(11)6-2)17-14(15-4)16-7-3/h8,10,14H,5-7H2,1-4H3. The number of ether oxygens (including phenoxy) is 3. The van der Waals surface area contributed by atoms with Crippen LogP contribution in [0.15, 0.2) is 12.1 Å². The molecule has 0 aromatic heterocycles. The van der Waals surface area contributed by atoms with Crippen molar-refractivity contribution < 1.29 is 14.2 Å². The van der Waals surface area contributed by atoms with E-state index in [0.717, 1.165) is 18.6 Å². The molecule has 3 nitrogen and oxygen atoms in total. The van der Waals surface area contributed by atoms with E-state index in [1.54, 1.807) is 7.11 Å². The van der Waals surface area contributed by atoms with Gasteiger partial charge in [-0.3, -0.25) is 0 Å². The zero-order valence-corrected chi connectivity index (χ0v) is 11.1. The Bertz CT molecular complexity index is 336. The van der Waals surface area contributed by atoms with E-state index in [4.69, 9.17) is 14.2 Å². The summed E-state index contributed by atoms with van der Waals surface area (Å²) in [5, 5.41) is 0. The van der Waals surface area contributed by atoms with E-state index in [1.165, 1.54) is 11.1 Å². The Balaban J connectivity index is 2.88. The van der Waals surface area contributed by atoms with Crippen molar-refractivity contribution in [2.24, 2.45) is 0 Å². The number of hydrogen-bond donors (Lipinski definition) is 0. The van der Waals surface area contributed by atoms with Crippen LogP contribution in [-0.4, -0.2) is 20.2 Å². The van der Waals surface area contributed by atoms with E-state index in [0.29, 0.717) is 6.61 Å². The lowest BCUT2D eigenvalue weighted by Gasteiger charge is -2.19. The summed E-state index contributed by atoms with van der Waals surface area (Å²) >= 11 is 0. The summed E-state index contributed by atoms with van der Waals surface area (Å²) in [6.07, 6.45) is 1.87. The molecule has 0 aliphatic rings. The SMILES string of the molecule is CCOC(OC)Oc1cc[c]c(CC)c1CC. The zero-order chi connectivity index (χ0) is 12.7. The van der Waals surface area contributed by atoms with Gasteiger partial charge < -0.3 is 14.2 Å². The molecule has 1 radical (unpaired) electrons. The van der Waals surface area contributed by atoms with Gasteiger partial charge in [-0.05, 0) is 43.0 Å². The Kier molecular flexibility index (Phi) is 6.01. The molecule has 17 heavy (non-hydrogen) atoms. The lowest BCUT2D eigenvalue weighted by atomic mass is 10.0. The molecule has 0 aliphatic heterocycles. The molecule has 0 amide bonds. The molecule has 95 valence electrons. The fourth-order valence-corrected chi connectivity index (χ4v) is 1.76. The van der Waals surface area contributed by atoms with Gasteiger partial charge in [-0.25, -0.2) is 0 Å². The maximum Gasteiger partial charge on any atom is 0.315 e. The molecule has 1 rings (SSSR count). The molecule has 0 N–H and O–H groups in total. The highest BCUT2D eigenvalue weighted by atomic mass is 16.8. The van der Waals surface area contributed by atoms with Gasteiger partial charge in [0.05, 0.1) is 6.61 Å². The molecule has 1 unspecified atom stereocenters. The number of aryl methyl sites for hydroxylation is 1. The number of benzene rings is 1. The van der Waals surface area contributed by atoms with Crippen LogP contribution in [0.3, 0.4) is 0 Å². The van der Waals surface area contributed by atoms with Crippen LogP contribution in [0.25, 0.3) is 0 Å². The quantitative estimate of drug-likeness (QED) is 0.682. The highest BCUT2D eigenvalue weighted by Crippen LogP contribution is 2.24. The predicted octanol–water partition coefficient (Wildman–Crippen LogP) is 2.96. The van der Waals surface area contributed by atoms with Crippen molar-refractivity contribution in [3.63, 3.8) is 0 Å². The second kappa shape index (κ2) is 7.30. The smallest absolute Gasteiger partial charge is 0.315 e. The minimum absolute atomic E-state index is 0.555. The van der Waals surface area contributed by atoms with E-state index in [2.05, 4.69) is 19.9 Å². The molecule has 1 aromatic carbocycles. The lowest BCUT2D eigenvalue weighted by Crippen LogP contribution is -2.23. The van der Waals surface area contributed by atoms with Gasteiger partial charge in [0.25, 0.3) is 0 Å². The number of hydrogen-bond acceptors (Lipinski definition) is 3. The van der Waals surface area contributed by atoms with Crippen molar-refractivity contribution in [2.75, 3.05) is 13.7 Å². The topological polar surface area (TPSA) is 27.7 Å². The summed E-state index contributed by atoms with van der Waals surface area (Å²) in [5.41, 5.74) is 2.37. The first-order chi connectivity index (χ1) is 8.26. The molecule has 1 aromatic rings. The van der Waals surface area contributed by atoms with Gasteiger partial charge >= 0.3 is 6.48 Å². The predicted molar refractivity (Wildman–Crippen MR) is 67.1 cm³/mol. The first-order valence-electron chi connectivity index (χ1n) is 6.10. The van der Waals surface area contributed by atoms with Crippen LogP contribution in [0.1, 0.15) is 31.9 Å². The molecular weight excluding hydrogens is 216 g/mol. The third-order valence-corrected chi connectivity index (χ3v) is 2.58. The molecule has 1 atom stereocenters. The van der Waals surface area contributed by atoms with Gasteiger partial charge in [-0.1, -0.05) is 19.9 Å². The average molecular weight is 237 g/mol. The Morgan fingerprint density at radius 3 is 2.53 bits per heavy atom. The molecule has 0 fully saturated rings. The minimum Gasteiger partial charge on any atom is -0.441 e. The first-order valence-corrected chi connectivity index (χ1v) is 6.10. The second-order valence-electron chi connectivity index (χ2n) is 3.60. The van der Waals surface area contributed by atoms with Gasteiger partial charge in [0.1, 0.15) is 5.75 Å². The van der Waals surface area contributed by atoms with E-state index < -0.39 is 6.48 Å². The molecule has 0 aliphatic carbocycles. The summed E-state index contributed by atoms with van der Waals surface area (Å²) in [5.74, 6) is 0.823. The van der Waals surface area contributed by atoms with Crippen LogP contribution in [0.4, 0.5) is 0 Å². The van der Waals surface area contributed by atoms with Crippen molar-refractivity contribution in [2.45, 2.75) is 40.1 Å². The van der Waals surface area contributed by atoms with E-state index >= 15 is 0 Å². The molecule has 0 spiro atoms. The van der Waals surface area contributed by atoms with Gasteiger partial charge in [-0.2, -0.15) is 0 Å². The van der Waals surface area contributed by atoms with Gasteiger partial charge in [0.2, 0.25) is 0 Å². The van der Waals surface area contributed by atoms with Crippen molar-refractivity contribution in [3.8, 4) is 5.75 Å². The summed E-state index contributed by atoms with van der Waals surface area (Å²) in [4.78, 5) is 0. The monoisotopic (exact) mass is 237 g/mol. The first kappa shape index (κ1) is 14.0. The highest BCUT2D eigenvalue weighted by molar-refractivity contribution is 5.39. The fourth-order valence-electron chi connectivity index (χ4n) is 1.76. The van der Waals surface area contributed by atoms with Crippen molar-refractivity contribution in [1.82, 2.24) is 0 Å². The largest absolute Gasteiger partial charge is 0.441 e. The Hall–Kier alpha value is -1.06. The maximum absolute atomic E-state index is 5.70. The molecule has 0 bridgehead atoms. The lowest BCUT2D eigenvalue weighted by molar-refractivity contribution is -0.231. The third kappa shape index (κ3) is 3.72. The maximum atomic E-state index is 5.70. The van der Waals surface area contributed by atoms with Crippen LogP contribution in [-0.2, 0) is 22.3 Å². The Labute approximate surface area is 104 Å². The molecule has 3 heteroatoms. The van der Waals surface area contributed by atoms with Crippen molar-refractivity contribution >= 4 is 0 Å². The Morgan fingerprint density at radius 2 is 2.00 bits per heavy atom. The number of rotatable bonds is 7. The van der Waals surface area contributed by atoms with E-state index in [9.17, 15) is 0 Å². The average Bonchev–Trinajstić information content (AvgIpc) is 2.37. The van der Waals surface area contributed by atoms with Gasteiger partial charge in [0.15, 0.2) is 0 Å². The second-order valence-corrected chi connectivity index (χ2v) is 3.60. The summed E-state index contributed by atoms with van der Waals surface area (Å²) < 4.78 is 16.1. The van der Waals surface area contributed by atoms with Gasteiger partial charge in [0, 0.05) is 7.11 Å². The highest BCUT2D eigenvalue weighted by Gasteiger charge is 2.13. The summed E-state index contributed by atoms with van der Waals surface area (Å²) in [6.45, 7) is 6.05. The molecule has 0 heterocycles. The fraction of sp³-hybridized carbons (Fsp3) is 0.571. The summed E-state index contributed by atoms with van der Waals surface area (Å²) in [6, 6.07) is 7.03.